The van der Waals surface area contributed by atoms with E-state index < -0.39 is 17.5 Å². The molecule has 1 aromatic carbocycles. The van der Waals surface area contributed by atoms with Crippen molar-refractivity contribution in [1.82, 2.24) is 0 Å². The number of Topliss-reactive ketones (excluding diaryl/α,β-unsaturated/α-hetero) is 1. The molecule has 0 fully saturated rings. The minimum absolute atomic E-state index is 0.250. The van der Waals surface area contributed by atoms with Crippen LogP contribution < -0.4 is 0 Å². The van der Waals surface area contributed by atoms with Gasteiger partial charge in [0, 0.05) is 5.56 Å². The molecular formula is C11H11NO4. The van der Waals surface area contributed by atoms with Crippen molar-refractivity contribution in [1.29, 1.82) is 0 Å². The molecule has 0 amide bonds. The Hall–Kier alpha value is -2.17. The molecule has 0 unspecified atom stereocenters. The number of hydrogen-bond donors (Lipinski definition) is 2. The Labute approximate surface area is 92.0 Å². The molecule has 0 aromatic heterocycles. The molecule has 16 heavy (non-hydrogen) atoms. The predicted octanol–water partition coefficient (Wildman–Crippen LogP) is 1.35. The lowest BCUT2D eigenvalue weighted by molar-refractivity contribution is -0.129. The summed E-state index contributed by atoms with van der Waals surface area (Å²) in [6, 6.07) is 6.62. The SMILES string of the molecule is CCc1ccccc1C(=O)C(=NO)C(=O)O. The highest BCUT2D eigenvalue weighted by Gasteiger charge is 2.23. The van der Waals surface area contributed by atoms with Gasteiger partial charge in [-0.25, -0.2) is 4.79 Å². The molecule has 2 N–H and O–H groups in total. The molecule has 5 nitrogen and oxygen atoms in total. The van der Waals surface area contributed by atoms with Crippen LogP contribution in [0.4, 0.5) is 0 Å². The second-order valence-electron chi connectivity index (χ2n) is 3.09. The standard InChI is InChI=1S/C11H11NO4/c1-2-7-5-3-4-6-8(7)10(13)9(12-16)11(14)15/h3-6,16H,2H2,1H3,(H,14,15). The molecule has 0 aliphatic rings. The number of nitrogens with zero attached hydrogens (tertiary/aromatic N) is 1. The van der Waals surface area contributed by atoms with Crippen LogP contribution in [0.25, 0.3) is 0 Å². The summed E-state index contributed by atoms with van der Waals surface area (Å²) in [6.45, 7) is 1.85. The number of hydrogen-bond acceptors (Lipinski definition) is 4. The third-order valence-corrected chi connectivity index (χ3v) is 2.16. The van der Waals surface area contributed by atoms with Crippen LogP contribution in [0, 0.1) is 0 Å². The topological polar surface area (TPSA) is 87.0 Å². The third-order valence-electron chi connectivity index (χ3n) is 2.16. The van der Waals surface area contributed by atoms with E-state index in [0.29, 0.717) is 6.42 Å². The van der Waals surface area contributed by atoms with Gasteiger partial charge < -0.3 is 10.3 Å². The summed E-state index contributed by atoms with van der Waals surface area (Å²) in [5, 5.41) is 19.6. The molecule has 84 valence electrons. The van der Waals surface area contributed by atoms with E-state index in [4.69, 9.17) is 10.3 Å². The van der Waals surface area contributed by atoms with Crippen LogP contribution in [-0.2, 0) is 11.2 Å². The summed E-state index contributed by atoms with van der Waals surface area (Å²) in [7, 11) is 0. The fraction of sp³-hybridized carbons (Fsp3) is 0.182. The van der Waals surface area contributed by atoms with Crippen LogP contribution in [0.2, 0.25) is 0 Å². The molecule has 0 saturated carbocycles. The van der Waals surface area contributed by atoms with Crippen LogP contribution >= 0.6 is 0 Å². The molecule has 0 radical (unpaired) electrons. The average molecular weight is 221 g/mol. The van der Waals surface area contributed by atoms with Gasteiger partial charge in [0.15, 0.2) is 0 Å². The van der Waals surface area contributed by atoms with Crippen molar-refractivity contribution in [2.45, 2.75) is 13.3 Å². The number of carboxylic acid groups (broad SMARTS) is 1. The van der Waals surface area contributed by atoms with Crippen molar-refractivity contribution in [3.05, 3.63) is 35.4 Å². The predicted molar refractivity (Wildman–Crippen MR) is 57.0 cm³/mol. The summed E-state index contributed by atoms with van der Waals surface area (Å²) in [6.07, 6.45) is 0.597. The molecule has 0 atom stereocenters. The Kier molecular flexibility index (Phi) is 3.77. The number of carboxylic acids is 1. The maximum atomic E-state index is 11.7. The normalized spacial score (nSPS) is 11.2. The van der Waals surface area contributed by atoms with Crippen LogP contribution in [0.15, 0.2) is 29.4 Å². The fourth-order valence-electron chi connectivity index (χ4n) is 1.36. The van der Waals surface area contributed by atoms with Gasteiger partial charge in [0.05, 0.1) is 0 Å². The van der Waals surface area contributed by atoms with Crippen LogP contribution in [0.3, 0.4) is 0 Å². The lowest BCUT2D eigenvalue weighted by Gasteiger charge is -2.05. The van der Waals surface area contributed by atoms with Crippen molar-refractivity contribution < 1.29 is 19.9 Å². The second kappa shape index (κ2) is 5.06. The monoisotopic (exact) mass is 221 g/mol. The molecule has 0 aliphatic heterocycles. The van der Waals surface area contributed by atoms with E-state index in [1.54, 1.807) is 18.2 Å². The Bertz CT molecular complexity index is 451. The summed E-state index contributed by atoms with van der Waals surface area (Å²) in [5.41, 5.74) is 0.0935. The van der Waals surface area contributed by atoms with Gasteiger partial charge in [-0.2, -0.15) is 0 Å². The molecule has 0 aliphatic carbocycles. The van der Waals surface area contributed by atoms with Crippen molar-refractivity contribution in [3.63, 3.8) is 0 Å². The minimum Gasteiger partial charge on any atom is -0.476 e. The first kappa shape index (κ1) is 11.9. The molecular weight excluding hydrogens is 210 g/mol. The quantitative estimate of drug-likeness (QED) is 0.264. The van der Waals surface area contributed by atoms with Crippen LogP contribution in [-0.4, -0.2) is 27.8 Å². The Morgan fingerprint density at radius 2 is 1.94 bits per heavy atom. The summed E-state index contributed by atoms with van der Waals surface area (Å²) in [4.78, 5) is 22.4. The van der Waals surface area contributed by atoms with Crippen molar-refractivity contribution in [3.8, 4) is 0 Å². The van der Waals surface area contributed by atoms with Gasteiger partial charge in [0.25, 0.3) is 0 Å². The number of aryl methyl sites for hydroxylation is 1. The Morgan fingerprint density at radius 1 is 1.31 bits per heavy atom. The van der Waals surface area contributed by atoms with Crippen molar-refractivity contribution in [2.24, 2.45) is 5.16 Å². The smallest absolute Gasteiger partial charge is 0.362 e. The first-order valence-electron chi connectivity index (χ1n) is 4.69. The molecule has 1 rings (SSSR count). The molecule has 0 spiro atoms. The molecule has 0 saturated heterocycles. The van der Waals surface area contributed by atoms with Gasteiger partial charge in [-0.05, 0) is 12.0 Å². The zero-order chi connectivity index (χ0) is 12.1. The number of carbonyl (C=O) groups excluding carboxylic acids is 1. The minimum atomic E-state index is -1.54. The van der Waals surface area contributed by atoms with Gasteiger partial charge in [-0.15, -0.1) is 0 Å². The van der Waals surface area contributed by atoms with Gasteiger partial charge in [0.1, 0.15) is 0 Å². The number of aliphatic carboxylic acids is 1. The summed E-state index contributed by atoms with van der Waals surface area (Å²) < 4.78 is 0. The largest absolute Gasteiger partial charge is 0.476 e. The van der Waals surface area contributed by atoms with Gasteiger partial charge in [0.2, 0.25) is 11.5 Å². The van der Waals surface area contributed by atoms with Gasteiger partial charge >= 0.3 is 5.97 Å². The van der Waals surface area contributed by atoms with E-state index in [9.17, 15) is 9.59 Å². The van der Waals surface area contributed by atoms with Crippen LogP contribution in [0.1, 0.15) is 22.8 Å². The second-order valence-corrected chi connectivity index (χ2v) is 3.09. The molecule has 5 heteroatoms. The third kappa shape index (κ3) is 2.25. The van der Waals surface area contributed by atoms with Gasteiger partial charge in [-0.1, -0.05) is 36.3 Å². The first-order valence-corrected chi connectivity index (χ1v) is 4.69. The molecule has 0 bridgehead atoms. The van der Waals surface area contributed by atoms with Crippen molar-refractivity contribution in [2.75, 3.05) is 0 Å². The van der Waals surface area contributed by atoms with Crippen molar-refractivity contribution >= 4 is 17.5 Å². The highest BCUT2D eigenvalue weighted by Crippen LogP contribution is 2.11. The summed E-state index contributed by atoms with van der Waals surface area (Å²) >= 11 is 0. The van der Waals surface area contributed by atoms with E-state index in [1.165, 1.54) is 6.07 Å². The van der Waals surface area contributed by atoms with Gasteiger partial charge in [-0.3, -0.25) is 4.79 Å². The van der Waals surface area contributed by atoms with E-state index in [2.05, 4.69) is 5.16 Å². The first-order chi connectivity index (χ1) is 7.61. The van der Waals surface area contributed by atoms with E-state index >= 15 is 0 Å². The van der Waals surface area contributed by atoms with Crippen LogP contribution in [0.5, 0.6) is 0 Å². The number of oxime groups is 1. The fourth-order valence-corrected chi connectivity index (χ4v) is 1.36. The maximum Gasteiger partial charge on any atom is 0.362 e. The lowest BCUT2D eigenvalue weighted by atomic mass is 9.99. The highest BCUT2D eigenvalue weighted by atomic mass is 16.4. The summed E-state index contributed by atoms with van der Waals surface area (Å²) in [5.74, 6) is -2.33. The maximum absolute atomic E-state index is 11.7. The van der Waals surface area contributed by atoms with E-state index in [-0.39, 0.29) is 5.56 Å². The number of carbonyl (C=O) groups is 2. The van der Waals surface area contributed by atoms with E-state index in [0.717, 1.165) is 5.56 Å². The molecule has 0 heterocycles. The Morgan fingerprint density at radius 3 is 2.44 bits per heavy atom. The lowest BCUT2D eigenvalue weighted by Crippen LogP contribution is -2.24. The zero-order valence-electron chi connectivity index (χ0n) is 8.67. The Balaban J connectivity index is 3.19. The number of ketones is 1. The molecule has 1 aromatic rings. The zero-order valence-corrected chi connectivity index (χ0v) is 8.67. The number of benzene rings is 1. The highest BCUT2D eigenvalue weighted by molar-refractivity contribution is 6.67. The number of rotatable bonds is 4. The average Bonchev–Trinajstić information content (AvgIpc) is 2.29. The van der Waals surface area contributed by atoms with E-state index in [1.807, 2.05) is 6.92 Å².